The van der Waals surface area contributed by atoms with Crippen LogP contribution in [-0.2, 0) is 4.74 Å². The number of hydrogen-bond acceptors (Lipinski definition) is 4. The molecule has 0 amide bonds. The van der Waals surface area contributed by atoms with Crippen LogP contribution in [0.25, 0.3) is 0 Å². The zero-order chi connectivity index (χ0) is 19.2. The summed E-state index contributed by atoms with van der Waals surface area (Å²) in [5, 5.41) is 8.10. The molecule has 0 bridgehead atoms. The first-order chi connectivity index (χ1) is 13.0. The molecule has 0 unspecified atom stereocenters. The fourth-order valence-electron chi connectivity index (χ4n) is 2.97. The summed E-state index contributed by atoms with van der Waals surface area (Å²) in [5.74, 6) is 0. The molecule has 6 heteroatoms. The molecule has 2 aromatic rings. The van der Waals surface area contributed by atoms with E-state index in [9.17, 15) is 0 Å². The predicted molar refractivity (Wildman–Crippen MR) is 117 cm³/mol. The quantitative estimate of drug-likeness (QED) is 0.478. The van der Waals surface area contributed by atoms with Gasteiger partial charge < -0.3 is 15.0 Å². The Morgan fingerprint density at radius 1 is 1.07 bits per heavy atom. The van der Waals surface area contributed by atoms with Gasteiger partial charge in [-0.25, -0.2) is 0 Å². The summed E-state index contributed by atoms with van der Waals surface area (Å²) in [6.45, 7) is 9.58. The standard InChI is InChI=1S/C21H26N4OS/c1-15-5-4-6-20(16(15)2)22-21(27)24-23-17(3)18-7-9-19(10-8-18)25-11-13-26-14-12-25/h4-10H,11-14H2,1-3H3,(H2,22,24,27)/b23-17-. The van der Waals surface area contributed by atoms with E-state index in [4.69, 9.17) is 17.0 Å². The second-order valence-electron chi connectivity index (χ2n) is 6.66. The normalized spacial score (nSPS) is 14.8. The molecule has 5 nitrogen and oxygen atoms in total. The average molecular weight is 383 g/mol. The maximum absolute atomic E-state index is 5.41. The summed E-state index contributed by atoms with van der Waals surface area (Å²) < 4.78 is 5.41. The molecule has 0 aromatic heterocycles. The predicted octanol–water partition coefficient (Wildman–Crippen LogP) is 3.85. The molecule has 0 saturated carbocycles. The van der Waals surface area contributed by atoms with E-state index in [0.29, 0.717) is 5.11 Å². The van der Waals surface area contributed by atoms with E-state index >= 15 is 0 Å². The molecule has 27 heavy (non-hydrogen) atoms. The van der Waals surface area contributed by atoms with Gasteiger partial charge in [-0.3, -0.25) is 5.43 Å². The molecule has 2 N–H and O–H groups in total. The van der Waals surface area contributed by atoms with Crippen LogP contribution in [0.4, 0.5) is 11.4 Å². The molecule has 3 rings (SSSR count). The number of thiocarbonyl (C=S) groups is 1. The van der Waals surface area contributed by atoms with Crippen molar-refractivity contribution in [3.8, 4) is 0 Å². The zero-order valence-corrected chi connectivity index (χ0v) is 16.9. The molecule has 1 aliphatic rings. The lowest BCUT2D eigenvalue weighted by molar-refractivity contribution is 0.122. The van der Waals surface area contributed by atoms with Crippen LogP contribution in [0.3, 0.4) is 0 Å². The van der Waals surface area contributed by atoms with Crippen LogP contribution in [0.1, 0.15) is 23.6 Å². The topological polar surface area (TPSA) is 48.9 Å². The SMILES string of the molecule is C/C(=N/NC(=S)Nc1cccc(C)c1C)c1ccc(N2CCOCC2)cc1. The number of benzene rings is 2. The van der Waals surface area contributed by atoms with Crippen LogP contribution in [0, 0.1) is 13.8 Å². The highest BCUT2D eigenvalue weighted by Gasteiger charge is 2.11. The second-order valence-corrected chi connectivity index (χ2v) is 7.07. The van der Waals surface area contributed by atoms with Crippen molar-refractivity contribution in [1.29, 1.82) is 0 Å². The highest BCUT2D eigenvalue weighted by Crippen LogP contribution is 2.18. The van der Waals surface area contributed by atoms with Crippen molar-refractivity contribution in [1.82, 2.24) is 5.43 Å². The number of hydrogen-bond donors (Lipinski definition) is 2. The van der Waals surface area contributed by atoms with Gasteiger partial charge in [0.1, 0.15) is 0 Å². The third-order valence-electron chi connectivity index (χ3n) is 4.84. The van der Waals surface area contributed by atoms with Crippen LogP contribution in [0.15, 0.2) is 47.6 Å². The highest BCUT2D eigenvalue weighted by molar-refractivity contribution is 7.80. The van der Waals surface area contributed by atoms with Gasteiger partial charge in [0.2, 0.25) is 0 Å². The summed E-state index contributed by atoms with van der Waals surface area (Å²) in [6.07, 6.45) is 0. The Balaban J connectivity index is 1.59. The number of anilines is 2. The molecule has 1 aliphatic heterocycles. The van der Waals surface area contributed by atoms with Crippen LogP contribution in [0.5, 0.6) is 0 Å². The summed E-state index contributed by atoms with van der Waals surface area (Å²) in [7, 11) is 0. The minimum atomic E-state index is 0.480. The number of nitrogens with zero attached hydrogens (tertiary/aromatic N) is 2. The lowest BCUT2D eigenvalue weighted by Crippen LogP contribution is -2.36. The Kier molecular flexibility index (Phi) is 6.42. The highest BCUT2D eigenvalue weighted by atomic mass is 32.1. The van der Waals surface area contributed by atoms with Crippen molar-refractivity contribution >= 4 is 34.4 Å². The van der Waals surface area contributed by atoms with Crippen molar-refractivity contribution in [2.24, 2.45) is 5.10 Å². The van der Waals surface area contributed by atoms with Gasteiger partial charge in [0, 0.05) is 24.5 Å². The summed E-state index contributed by atoms with van der Waals surface area (Å²) in [4.78, 5) is 2.33. The number of aryl methyl sites for hydroxylation is 1. The number of rotatable bonds is 4. The van der Waals surface area contributed by atoms with Crippen LogP contribution >= 0.6 is 12.2 Å². The minimum Gasteiger partial charge on any atom is -0.378 e. The molecule has 1 saturated heterocycles. The Morgan fingerprint density at radius 3 is 2.48 bits per heavy atom. The zero-order valence-electron chi connectivity index (χ0n) is 16.1. The molecule has 1 heterocycles. The van der Waals surface area contributed by atoms with Crippen molar-refractivity contribution in [2.75, 3.05) is 36.5 Å². The smallest absolute Gasteiger partial charge is 0.191 e. The first-order valence-electron chi connectivity index (χ1n) is 9.15. The van der Waals surface area contributed by atoms with Crippen molar-refractivity contribution in [3.63, 3.8) is 0 Å². The van der Waals surface area contributed by atoms with Crippen LogP contribution < -0.4 is 15.6 Å². The van der Waals surface area contributed by atoms with E-state index in [1.165, 1.54) is 16.8 Å². The molecule has 0 atom stereocenters. The largest absolute Gasteiger partial charge is 0.378 e. The van der Waals surface area contributed by atoms with Crippen molar-refractivity contribution in [2.45, 2.75) is 20.8 Å². The minimum absolute atomic E-state index is 0.480. The number of morpholine rings is 1. The molecule has 0 spiro atoms. The van der Waals surface area contributed by atoms with E-state index in [1.54, 1.807) is 0 Å². The third-order valence-corrected chi connectivity index (χ3v) is 5.03. The monoisotopic (exact) mass is 382 g/mol. The summed E-state index contributed by atoms with van der Waals surface area (Å²) in [5.41, 5.74) is 9.50. The molecule has 1 fully saturated rings. The van der Waals surface area contributed by atoms with Gasteiger partial charge in [-0.05, 0) is 67.9 Å². The molecule has 0 radical (unpaired) electrons. The van der Waals surface area contributed by atoms with Gasteiger partial charge in [-0.2, -0.15) is 5.10 Å². The Morgan fingerprint density at radius 2 is 1.78 bits per heavy atom. The lowest BCUT2D eigenvalue weighted by atomic mass is 10.1. The fraction of sp³-hybridized carbons (Fsp3) is 0.333. The maximum Gasteiger partial charge on any atom is 0.191 e. The second kappa shape index (κ2) is 8.97. The molecule has 0 aliphatic carbocycles. The number of hydrazone groups is 1. The Labute approximate surface area is 166 Å². The number of ether oxygens (including phenoxy) is 1. The fourth-order valence-corrected chi connectivity index (χ4v) is 3.13. The van der Waals surface area contributed by atoms with Gasteiger partial charge in [0.05, 0.1) is 18.9 Å². The van der Waals surface area contributed by atoms with Crippen LogP contribution in [-0.4, -0.2) is 37.1 Å². The molecule has 142 valence electrons. The first-order valence-corrected chi connectivity index (χ1v) is 9.56. The van der Waals surface area contributed by atoms with Gasteiger partial charge in [0.15, 0.2) is 5.11 Å². The van der Waals surface area contributed by atoms with Gasteiger partial charge in [-0.15, -0.1) is 0 Å². The van der Waals surface area contributed by atoms with E-state index in [1.807, 2.05) is 19.1 Å². The average Bonchev–Trinajstić information content (AvgIpc) is 2.70. The van der Waals surface area contributed by atoms with Crippen LogP contribution in [0.2, 0.25) is 0 Å². The molecular weight excluding hydrogens is 356 g/mol. The maximum atomic E-state index is 5.41. The lowest BCUT2D eigenvalue weighted by Gasteiger charge is -2.28. The van der Waals surface area contributed by atoms with E-state index in [2.05, 4.69) is 64.9 Å². The van der Waals surface area contributed by atoms with E-state index in [0.717, 1.165) is 43.3 Å². The summed E-state index contributed by atoms with van der Waals surface area (Å²) >= 11 is 5.37. The Bertz CT molecular complexity index is 827. The van der Waals surface area contributed by atoms with Gasteiger partial charge >= 0.3 is 0 Å². The van der Waals surface area contributed by atoms with Crippen molar-refractivity contribution in [3.05, 3.63) is 59.2 Å². The van der Waals surface area contributed by atoms with Crippen molar-refractivity contribution < 1.29 is 4.74 Å². The van der Waals surface area contributed by atoms with E-state index < -0.39 is 0 Å². The first kappa shape index (κ1) is 19.3. The molecular formula is C21H26N4OS. The van der Waals surface area contributed by atoms with E-state index in [-0.39, 0.29) is 0 Å². The van der Waals surface area contributed by atoms with Gasteiger partial charge in [0.25, 0.3) is 0 Å². The number of nitrogens with one attached hydrogen (secondary N) is 2. The molecule has 2 aromatic carbocycles. The Hall–Kier alpha value is -2.44. The van der Waals surface area contributed by atoms with Gasteiger partial charge in [-0.1, -0.05) is 24.3 Å². The summed E-state index contributed by atoms with van der Waals surface area (Å²) in [6, 6.07) is 14.5. The third kappa shape index (κ3) is 5.05.